The normalized spacial score (nSPS) is 28.4. The fourth-order valence-electron chi connectivity index (χ4n) is 2.95. The van der Waals surface area contributed by atoms with Gasteiger partial charge in [-0.25, -0.2) is 0 Å². The second kappa shape index (κ2) is 6.55. The maximum atomic E-state index is 12.8. The van der Waals surface area contributed by atoms with Gasteiger partial charge in [0.05, 0.1) is 5.41 Å². The van der Waals surface area contributed by atoms with Crippen LogP contribution in [0.1, 0.15) is 53.4 Å². The summed E-state index contributed by atoms with van der Waals surface area (Å²) in [5, 5.41) is 0. The first kappa shape index (κ1) is 15.5. The summed E-state index contributed by atoms with van der Waals surface area (Å²) in [7, 11) is 0. The molecule has 0 bridgehead atoms. The molecule has 3 nitrogen and oxygen atoms in total. The van der Waals surface area contributed by atoms with Gasteiger partial charge in [0.25, 0.3) is 0 Å². The molecule has 0 atom stereocenters. The van der Waals surface area contributed by atoms with Gasteiger partial charge in [0.1, 0.15) is 0 Å². The van der Waals surface area contributed by atoms with Crippen LogP contribution in [0.25, 0.3) is 0 Å². The van der Waals surface area contributed by atoms with Gasteiger partial charge in [0.15, 0.2) is 0 Å². The number of nitrogens with two attached hydrogens (primary N) is 1. The zero-order valence-electron chi connectivity index (χ0n) is 12.5. The number of nitrogens with zero attached hydrogens (tertiary/aromatic N) is 1. The molecule has 0 aromatic rings. The summed E-state index contributed by atoms with van der Waals surface area (Å²) < 4.78 is 0. The maximum absolute atomic E-state index is 12.8. The molecular formula is C15H30N2O. The molecule has 1 aliphatic rings. The predicted octanol–water partition coefficient (Wildman–Crippen LogP) is 2.65. The summed E-state index contributed by atoms with van der Waals surface area (Å²) >= 11 is 0. The highest BCUT2D eigenvalue weighted by molar-refractivity contribution is 5.83. The zero-order chi connectivity index (χ0) is 13.8. The van der Waals surface area contributed by atoms with Crippen molar-refractivity contribution in [3.05, 3.63) is 0 Å². The first-order valence-electron chi connectivity index (χ1n) is 7.44. The van der Waals surface area contributed by atoms with Crippen molar-refractivity contribution in [3.8, 4) is 0 Å². The molecule has 106 valence electrons. The van der Waals surface area contributed by atoms with Gasteiger partial charge in [-0.15, -0.1) is 0 Å². The Morgan fingerprint density at radius 2 is 1.94 bits per heavy atom. The molecule has 18 heavy (non-hydrogen) atoms. The number of rotatable bonds is 5. The highest BCUT2D eigenvalue weighted by atomic mass is 16.2. The van der Waals surface area contributed by atoms with Crippen molar-refractivity contribution in [2.24, 2.45) is 23.0 Å². The molecule has 0 aromatic carbocycles. The van der Waals surface area contributed by atoms with Gasteiger partial charge in [-0.1, -0.05) is 20.8 Å². The van der Waals surface area contributed by atoms with Crippen LogP contribution in [0.3, 0.4) is 0 Å². The summed E-state index contributed by atoms with van der Waals surface area (Å²) in [6.07, 6.45) is 4.22. The Morgan fingerprint density at radius 3 is 2.33 bits per heavy atom. The molecule has 1 amide bonds. The Bertz CT molecular complexity index is 268. The third-order valence-corrected chi connectivity index (χ3v) is 4.33. The maximum Gasteiger partial charge on any atom is 0.230 e. The Morgan fingerprint density at radius 1 is 1.39 bits per heavy atom. The number of amides is 1. The van der Waals surface area contributed by atoms with Gasteiger partial charge in [0.2, 0.25) is 5.91 Å². The lowest BCUT2D eigenvalue weighted by Crippen LogP contribution is -2.50. The standard InChI is InChI=1S/C15H30N2O/c1-5-17(10-12(2)3)14(18)15(11-16)8-6-13(4)7-9-15/h12-13H,5-11,16H2,1-4H3. The second-order valence-electron chi connectivity index (χ2n) is 6.40. The fraction of sp³-hybridized carbons (Fsp3) is 0.933. The largest absolute Gasteiger partial charge is 0.342 e. The summed E-state index contributed by atoms with van der Waals surface area (Å²) in [6.45, 7) is 10.8. The predicted molar refractivity (Wildman–Crippen MR) is 76.2 cm³/mol. The minimum absolute atomic E-state index is 0.266. The van der Waals surface area contributed by atoms with Crippen molar-refractivity contribution in [1.82, 2.24) is 4.90 Å². The van der Waals surface area contributed by atoms with Gasteiger partial charge >= 0.3 is 0 Å². The van der Waals surface area contributed by atoms with E-state index in [4.69, 9.17) is 5.73 Å². The van der Waals surface area contributed by atoms with Crippen molar-refractivity contribution in [2.75, 3.05) is 19.6 Å². The molecule has 0 aliphatic heterocycles. The van der Waals surface area contributed by atoms with Gasteiger partial charge < -0.3 is 10.6 Å². The molecule has 0 unspecified atom stereocenters. The lowest BCUT2D eigenvalue weighted by atomic mass is 9.70. The van der Waals surface area contributed by atoms with E-state index in [9.17, 15) is 4.79 Å². The van der Waals surface area contributed by atoms with Crippen LogP contribution in [0.2, 0.25) is 0 Å². The van der Waals surface area contributed by atoms with Gasteiger partial charge in [0, 0.05) is 19.6 Å². The topological polar surface area (TPSA) is 46.3 Å². The third-order valence-electron chi connectivity index (χ3n) is 4.33. The molecule has 0 heterocycles. The minimum Gasteiger partial charge on any atom is -0.342 e. The minimum atomic E-state index is -0.266. The highest BCUT2D eigenvalue weighted by Crippen LogP contribution is 2.39. The van der Waals surface area contributed by atoms with E-state index < -0.39 is 0 Å². The van der Waals surface area contributed by atoms with Crippen LogP contribution in [0.15, 0.2) is 0 Å². The van der Waals surface area contributed by atoms with Crippen LogP contribution in [-0.2, 0) is 4.79 Å². The van der Waals surface area contributed by atoms with Crippen molar-refractivity contribution < 1.29 is 4.79 Å². The molecule has 1 aliphatic carbocycles. The Balaban J connectivity index is 2.76. The first-order valence-corrected chi connectivity index (χ1v) is 7.44. The van der Waals surface area contributed by atoms with E-state index in [0.717, 1.165) is 44.7 Å². The zero-order valence-corrected chi connectivity index (χ0v) is 12.5. The van der Waals surface area contributed by atoms with Crippen LogP contribution >= 0.6 is 0 Å². The monoisotopic (exact) mass is 254 g/mol. The van der Waals surface area contributed by atoms with Crippen LogP contribution in [0.4, 0.5) is 0 Å². The Hall–Kier alpha value is -0.570. The fourth-order valence-corrected chi connectivity index (χ4v) is 2.95. The van der Waals surface area contributed by atoms with E-state index in [1.54, 1.807) is 0 Å². The molecule has 1 fully saturated rings. The van der Waals surface area contributed by atoms with Crippen LogP contribution < -0.4 is 5.73 Å². The Labute approximate surface area is 112 Å². The first-order chi connectivity index (χ1) is 8.45. The van der Waals surface area contributed by atoms with E-state index in [1.165, 1.54) is 0 Å². The molecule has 0 spiro atoms. The summed E-state index contributed by atoms with van der Waals surface area (Å²) in [5.41, 5.74) is 5.69. The summed E-state index contributed by atoms with van der Waals surface area (Å²) in [5.74, 6) is 1.57. The molecule has 2 N–H and O–H groups in total. The van der Waals surface area contributed by atoms with Crippen molar-refractivity contribution in [1.29, 1.82) is 0 Å². The van der Waals surface area contributed by atoms with Crippen LogP contribution in [0.5, 0.6) is 0 Å². The van der Waals surface area contributed by atoms with Gasteiger partial charge in [-0.2, -0.15) is 0 Å². The lowest BCUT2D eigenvalue weighted by Gasteiger charge is -2.41. The quantitative estimate of drug-likeness (QED) is 0.820. The van der Waals surface area contributed by atoms with E-state index in [-0.39, 0.29) is 5.41 Å². The summed E-state index contributed by atoms with van der Waals surface area (Å²) in [6, 6.07) is 0. The number of hydrogen-bond acceptors (Lipinski definition) is 2. The lowest BCUT2D eigenvalue weighted by molar-refractivity contribution is -0.144. The molecule has 0 radical (unpaired) electrons. The highest BCUT2D eigenvalue weighted by Gasteiger charge is 2.41. The van der Waals surface area contributed by atoms with Crippen molar-refractivity contribution in [3.63, 3.8) is 0 Å². The second-order valence-corrected chi connectivity index (χ2v) is 6.40. The van der Waals surface area contributed by atoms with Crippen molar-refractivity contribution in [2.45, 2.75) is 53.4 Å². The molecule has 1 saturated carbocycles. The Kier molecular flexibility index (Phi) is 5.64. The number of hydrogen-bond donors (Lipinski definition) is 1. The van der Waals surface area contributed by atoms with Crippen LogP contribution in [-0.4, -0.2) is 30.4 Å². The molecule has 0 saturated heterocycles. The molecule has 3 heteroatoms. The van der Waals surface area contributed by atoms with Gasteiger partial charge in [-0.3, -0.25) is 4.79 Å². The SMILES string of the molecule is CCN(CC(C)C)C(=O)C1(CN)CCC(C)CC1. The number of carbonyl (C=O) groups is 1. The smallest absolute Gasteiger partial charge is 0.230 e. The van der Waals surface area contributed by atoms with E-state index in [0.29, 0.717) is 18.4 Å². The molecule has 0 aromatic heterocycles. The molecule has 1 rings (SSSR count). The molecular weight excluding hydrogens is 224 g/mol. The van der Waals surface area contributed by atoms with Crippen LogP contribution in [0, 0.1) is 17.3 Å². The number of carbonyl (C=O) groups excluding carboxylic acids is 1. The summed E-state index contributed by atoms with van der Waals surface area (Å²) in [4.78, 5) is 14.8. The third kappa shape index (κ3) is 3.47. The average molecular weight is 254 g/mol. The van der Waals surface area contributed by atoms with E-state index in [2.05, 4.69) is 27.7 Å². The average Bonchev–Trinajstić information content (AvgIpc) is 2.36. The van der Waals surface area contributed by atoms with Crippen molar-refractivity contribution >= 4 is 5.91 Å². The van der Waals surface area contributed by atoms with E-state index >= 15 is 0 Å². The van der Waals surface area contributed by atoms with Gasteiger partial charge in [-0.05, 0) is 44.4 Å². The van der Waals surface area contributed by atoms with E-state index in [1.807, 2.05) is 4.90 Å².